The maximum atomic E-state index is 10.8. The number of carboxylic acids is 1. The predicted octanol–water partition coefficient (Wildman–Crippen LogP) is 2.54. The molecule has 0 saturated carbocycles. The van der Waals surface area contributed by atoms with E-state index in [1.807, 2.05) is 0 Å². The number of ether oxygens (including phenoxy) is 2. The van der Waals surface area contributed by atoms with Gasteiger partial charge in [0.05, 0.1) is 25.5 Å². The summed E-state index contributed by atoms with van der Waals surface area (Å²) in [4.78, 5) is 14.8. The zero-order valence-corrected chi connectivity index (χ0v) is 11.1. The maximum absolute atomic E-state index is 10.8. The number of aromatic nitrogens is 1. The molecule has 1 aromatic heterocycles. The van der Waals surface area contributed by atoms with Crippen LogP contribution < -0.4 is 14.8 Å². The minimum atomic E-state index is -1.01. The van der Waals surface area contributed by atoms with Gasteiger partial charge in [-0.1, -0.05) is 0 Å². The van der Waals surface area contributed by atoms with E-state index >= 15 is 0 Å². The minimum Gasteiger partial charge on any atom is -0.497 e. The number of carbonyl (C=O) groups is 1. The zero-order chi connectivity index (χ0) is 14.5. The standard InChI is InChI=1S/C14H14N2O4/c1-19-10-4-5-12(20-2)11(7-10)16-13-6-3-9(8-15-13)14(17)18/h3-8H,1-2H3,(H,15,16)(H,17,18). The Kier molecular flexibility index (Phi) is 4.05. The van der Waals surface area contributed by atoms with Crippen molar-refractivity contribution in [2.45, 2.75) is 0 Å². The fraction of sp³-hybridized carbons (Fsp3) is 0.143. The molecule has 0 radical (unpaired) electrons. The average molecular weight is 274 g/mol. The number of methoxy groups -OCH3 is 2. The van der Waals surface area contributed by atoms with Crippen LogP contribution in [0.5, 0.6) is 11.5 Å². The van der Waals surface area contributed by atoms with Gasteiger partial charge in [0.1, 0.15) is 17.3 Å². The first-order valence-electron chi connectivity index (χ1n) is 5.82. The highest BCUT2D eigenvalue weighted by Gasteiger charge is 2.07. The lowest BCUT2D eigenvalue weighted by Gasteiger charge is -2.12. The van der Waals surface area contributed by atoms with E-state index in [2.05, 4.69) is 10.3 Å². The first-order chi connectivity index (χ1) is 9.63. The molecule has 0 saturated heterocycles. The monoisotopic (exact) mass is 274 g/mol. The molecule has 2 N–H and O–H groups in total. The lowest BCUT2D eigenvalue weighted by atomic mass is 10.2. The van der Waals surface area contributed by atoms with E-state index in [0.717, 1.165) is 0 Å². The molecule has 2 rings (SSSR count). The van der Waals surface area contributed by atoms with Gasteiger partial charge in [-0.25, -0.2) is 9.78 Å². The normalized spacial score (nSPS) is 9.90. The fourth-order valence-electron chi connectivity index (χ4n) is 1.64. The first-order valence-corrected chi connectivity index (χ1v) is 5.82. The van der Waals surface area contributed by atoms with Crippen LogP contribution in [-0.4, -0.2) is 30.3 Å². The fourth-order valence-corrected chi connectivity index (χ4v) is 1.64. The number of carboxylic acid groups (broad SMARTS) is 1. The molecule has 0 bridgehead atoms. The number of hydrogen-bond donors (Lipinski definition) is 2. The molecule has 0 fully saturated rings. The van der Waals surface area contributed by atoms with E-state index in [9.17, 15) is 4.79 Å². The van der Waals surface area contributed by atoms with Gasteiger partial charge in [0.15, 0.2) is 0 Å². The van der Waals surface area contributed by atoms with Gasteiger partial charge in [-0.15, -0.1) is 0 Å². The van der Waals surface area contributed by atoms with E-state index in [1.165, 1.54) is 12.3 Å². The van der Waals surface area contributed by atoms with Crippen LogP contribution >= 0.6 is 0 Å². The van der Waals surface area contributed by atoms with E-state index in [0.29, 0.717) is 23.0 Å². The highest BCUT2D eigenvalue weighted by atomic mass is 16.5. The molecule has 1 aromatic carbocycles. The minimum absolute atomic E-state index is 0.133. The maximum Gasteiger partial charge on any atom is 0.337 e. The summed E-state index contributed by atoms with van der Waals surface area (Å²) < 4.78 is 10.4. The molecule has 6 nitrogen and oxygen atoms in total. The van der Waals surface area contributed by atoms with Crippen LogP contribution in [0.15, 0.2) is 36.5 Å². The van der Waals surface area contributed by atoms with Crippen molar-refractivity contribution in [2.75, 3.05) is 19.5 Å². The number of anilines is 2. The highest BCUT2D eigenvalue weighted by molar-refractivity contribution is 5.87. The molecule has 0 aliphatic heterocycles. The zero-order valence-electron chi connectivity index (χ0n) is 11.1. The summed E-state index contributed by atoms with van der Waals surface area (Å²) in [6, 6.07) is 8.38. The van der Waals surface area contributed by atoms with E-state index in [-0.39, 0.29) is 5.56 Å². The Hall–Kier alpha value is -2.76. The summed E-state index contributed by atoms with van der Waals surface area (Å²) in [5.41, 5.74) is 0.815. The van der Waals surface area contributed by atoms with Crippen LogP contribution in [0.3, 0.4) is 0 Å². The van der Waals surface area contributed by atoms with Crippen LogP contribution in [0.4, 0.5) is 11.5 Å². The second kappa shape index (κ2) is 5.92. The second-order valence-corrected chi connectivity index (χ2v) is 3.93. The number of pyridine rings is 1. The van der Waals surface area contributed by atoms with Gasteiger partial charge in [0.2, 0.25) is 0 Å². The number of nitrogens with zero attached hydrogens (tertiary/aromatic N) is 1. The predicted molar refractivity (Wildman–Crippen MR) is 74.0 cm³/mol. The number of aromatic carboxylic acids is 1. The van der Waals surface area contributed by atoms with Gasteiger partial charge in [-0.05, 0) is 24.3 Å². The van der Waals surface area contributed by atoms with Crippen molar-refractivity contribution < 1.29 is 19.4 Å². The molecule has 104 valence electrons. The highest BCUT2D eigenvalue weighted by Crippen LogP contribution is 2.30. The van der Waals surface area contributed by atoms with E-state index in [4.69, 9.17) is 14.6 Å². The van der Waals surface area contributed by atoms with Crippen molar-refractivity contribution in [2.24, 2.45) is 0 Å². The molecule has 20 heavy (non-hydrogen) atoms. The summed E-state index contributed by atoms with van der Waals surface area (Å²) in [6.07, 6.45) is 1.29. The molecule has 6 heteroatoms. The summed E-state index contributed by atoms with van der Waals surface area (Å²) in [7, 11) is 3.14. The Morgan fingerprint density at radius 3 is 2.55 bits per heavy atom. The Balaban J connectivity index is 2.26. The first kappa shape index (κ1) is 13.7. The third-order valence-corrected chi connectivity index (χ3v) is 2.68. The molecule has 2 aromatic rings. The van der Waals surface area contributed by atoms with Crippen molar-refractivity contribution in [3.8, 4) is 11.5 Å². The van der Waals surface area contributed by atoms with Gasteiger partial charge in [0.25, 0.3) is 0 Å². The molecule has 0 aliphatic rings. The van der Waals surface area contributed by atoms with Crippen molar-refractivity contribution >= 4 is 17.5 Å². The number of benzene rings is 1. The van der Waals surface area contributed by atoms with Gasteiger partial charge in [-0.3, -0.25) is 0 Å². The lowest BCUT2D eigenvalue weighted by molar-refractivity contribution is 0.0696. The SMILES string of the molecule is COc1ccc(OC)c(Nc2ccc(C(=O)O)cn2)c1. The third kappa shape index (κ3) is 2.97. The summed E-state index contributed by atoms with van der Waals surface area (Å²) in [6.45, 7) is 0. The molecular formula is C14H14N2O4. The van der Waals surface area contributed by atoms with Gasteiger partial charge >= 0.3 is 5.97 Å². The smallest absolute Gasteiger partial charge is 0.337 e. The topological polar surface area (TPSA) is 80.7 Å². The molecule has 0 unspecified atom stereocenters. The third-order valence-electron chi connectivity index (χ3n) is 2.68. The summed E-state index contributed by atoms with van der Waals surface area (Å²) >= 11 is 0. The van der Waals surface area contributed by atoms with Crippen LogP contribution in [0.2, 0.25) is 0 Å². The Morgan fingerprint density at radius 2 is 2.00 bits per heavy atom. The van der Waals surface area contributed by atoms with Gasteiger partial charge in [0, 0.05) is 12.3 Å². The van der Waals surface area contributed by atoms with Crippen molar-refractivity contribution in [1.29, 1.82) is 0 Å². The largest absolute Gasteiger partial charge is 0.497 e. The molecule has 0 spiro atoms. The van der Waals surface area contributed by atoms with Crippen LogP contribution in [0.25, 0.3) is 0 Å². The quantitative estimate of drug-likeness (QED) is 0.872. The van der Waals surface area contributed by atoms with E-state index in [1.54, 1.807) is 38.5 Å². The van der Waals surface area contributed by atoms with Gasteiger partial charge in [-0.2, -0.15) is 0 Å². The Labute approximate surface area is 116 Å². The molecule has 0 aliphatic carbocycles. The Morgan fingerprint density at radius 1 is 1.20 bits per heavy atom. The molecule has 0 amide bonds. The molecular weight excluding hydrogens is 260 g/mol. The van der Waals surface area contributed by atoms with Crippen LogP contribution in [0, 0.1) is 0 Å². The lowest BCUT2D eigenvalue weighted by Crippen LogP contribution is -2.00. The number of hydrogen-bond acceptors (Lipinski definition) is 5. The summed E-state index contributed by atoms with van der Waals surface area (Å²) in [5, 5.41) is 11.9. The summed E-state index contributed by atoms with van der Waals surface area (Å²) in [5.74, 6) is 0.815. The van der Waals surface area contributed by atoms with E-state index < -0.39 is 5.97 Å². The van der Waals surface area contributed by atoms with Gasteiger partial charge < -0.3 is 19.9 Å². The van der Waals surface area contributed by atoms with Crippen molar-refractivity contribution in [3.05, 3.63) is 42.1 Å². The average Bonchev–Trinajstić information content (AvgIpc) is 2.47. The number of nitrogens with one attached hydrogen (secondary N) is 1. The number of rotatable bonds is 5. The molecule has 1 heterocycles. The van der Waals surface area contributed by atoms with Crippen LogP contribution in [-0.2, 0) is 0 Å². The van der Waals surface area contributed by atoms with Crippen LogP contribution in [0.1, 0.15) is 10.4 Å². The molecule has 0 atom stereocenters. The van der Waals surface area contributed by atoms with Crippen molar-refractivity contribution in [1.82, 2.24) is 4.98 Å². The van der Waals surface area contributed by atoms with Crippen molar-refractivity contribution in [3.63, 3.8) is 0 Å². The Bertz CT molecular complexity index is 611. The second-order valence-electron chi connectivity index (χ2n) is 3.93.